The van der Waals surface area contributed by atoms with Gasteiger partial charge in [0, 0.05) is 23.9 Å². The summed E-state index contributed by atoms with van der Waals surface area (Å²) in [6, 6.07) is 2.09. The van der Waals surface area contributed by atoms with Gasteiger partial charge in [-0.3, -0.25) is 0 Å². The van der Waals surface area contributed by atoms with Gasteiger partial charge in [0.2, 0.25) is 0 Å². The van der Waals surface area contributed by atoms with Gasteiger partial charge in [0.1, 0.15) is 0 Å². The van der Waals surface area contributed by atoms with Crippen molar-refractivity contribution in [3.63, 3.8) is 0 Å². The highest BCUT2D eigenvalue weighted by molar-refractivity contribution is 5.49. The van der Waals surface area contributed by atoms with Crippen molar-refractivity contribution in [2.75, 3.05) is 11.9 Å². The lowest BCUT2D eigenvalue weighted by molar-refractivity contribution is -0.378. The van der Waals surface area contributed by atoms with E-state index in [1.165, 1.54) is 24.1 Å². The van der Waals surface area contributed by atoms with Crippen molar-refractivity contribution in [3.8, 4) is 0 Å². The normalized spacial score (nSPS) is 15.6. The summed E-state index contributed by atoms with van der Waals surface area (Å²) in [4.78, 5) is 3.08. The van der Waals surface area contributed by atoms with Crippen molar-refractivity contribution in [1.82, 2.24) is 0 Å². The van der Waals surface area contributed by atoms with Gasteiger partial charge in [-0.15, -0.1) is 0 Å². The number of aromatic amines is 1. The Kier molecular flexibility index (Phi) is 1.31. The maximum atomic E-state index is 3.34. The Balaban J connectivity index is 2.41. The molecule has 2 nitrogen and oxygen atoms in total. The Labute approximate surface area is 60.3 Å². The number of rotatable bonds is 0. The van der Waals surface area contributed by atoms with Gasteiger partial charge >= 0.3 is 0 Å². The molecule has 2 N–H and O–H groups in total. The summed E-state index contributed by atoms with van der Waals surface area (Å²) in [6.45, 7) is 1.12. The van der Waals surface area contributed by atoms with Crippen LogP contribution in [0, 0.1) is 0 Å². The smallest absolute Gasteiger partial charge is 0.172 e. The quantitative estimate of drug-likeness (QED) is 0.561. The first-order valence-electron chi connectivity index (χ1n) is 3.70. The predicted molar refractivity (Wildman–Crippen MR) is 39.8 cm³/mol. The van der Waals surface area contributed by atoms with Gasteiger partial charge in [0.05, 0.1) is 0 Å². The molecule has 1 aliphatic heterocycles. The fourth-order valence-corrected chi connectivity index (χ4v) is 1.35. The molecule has 1 aliphatic rings. The molecule has 0 saturated carbocycles. The molecular formula is C8H11N2+. The lowest BCUT2D eigenvalue weighted by Gasteiger charge is -2.14. The average Bonchev–Trinajstić information content (AvgIpc) is 2.05. The topological polar surface area (TPSA) is 26.2 Å². The van der Waals surface area contributed by atoms with Crippen LogP contribution in [-0.4, -0.2) is 6.54 Å². The molecule has 2 rings (SSSR count). The van der Waals surface area contributed by atoms with Crippen LogP contribution in [0.3, 0.4) is 0 Å². The summed E-state index contributed by atoms with van der Waals surface area (Å²) in [6.07, 6.45) is 6.49. The third kappa shape index (κ3) is 0.856. The fourth-order valence-electron chi connectivity index (χ4n) is 1.35. The van der Waals surface area contributed by atoms with Gasteiger partial charge < -0.3 is 5.32 Å². The molecule has 0 aliphatic carbocycles. The van der Waals surface area contributed by atoms with Crippen LogP contribution in [0.5, 0.6) is 0 Å². The van der Waals surface area contributed by atoms with E-state index in [1.54, 1.807) is 0 Å². The van der Waals surface area contributed by atoms with Gasteiger partial charge in [-0.1, -0.05) is 0 Å². The maximum absolute atomic E-state index is 3.34. The summed E-state index contributed by atoms with van der Waals surface area (Å²) in [7, 11) is 0. The number of nitrogens with one attached hydrogen (secondary N) is 2. The molecule has 0 spiro atoms. The van der Waals surface area contributed by atoms with Crippen LogP contribution in [0.2, 0.25) is 0 Å². The van der Waals surface area contributed by atoms with Crippen LogP contribution in [0.1, 0.15) is 12.0 Å². The standard InChI is InChI=1S/C8H10N2/c1-2-7-6-9-5-3-8(7)10-4-1/h3,5-6,10H,1-2,4H2/p+1. The van der Waals surface area contributed by atoms with Crippen LogP contribution in [0.4, 0.5) is 5.69 Å². The summed E-state index contributed by atoms with van der Waals surface area (Å²) >= 11 is 0. The van der Waals surface area contributed by atoms with E-state index in [4.69, 9.17) is 0 Å². The van der Waals surface area contributed by atoms with Gasteiger partial charge in [0.25, 0.3) is 0 Å². The molecule has 0 saturated heterocycles. The number of fused-ring (bicyclic) bond motifs is 1. The monoisotopic (exact) mass is 135 g/mol. The number of aromatic nitrogens is 1. The number of pyridine rings is 1. The molecule has 0 radical (unpaired) electrons. The number of hydrogen-bond donors (Lipinski definition) is 1. The van der Waals surface area contributed by atoms with E-state index in [1.807, 2.05) is 6.20 Å². The van der Waals surface area contributed by atoms with Gasteiger partial charge in [-0.2, -0.15) is 0 Å². The fraction of sp³-hybridized carbons (Fsp3) is 0.375. The third-order valence-electron chi connectivity index (χ3n) is 1.89. The number of H-pyrrole nitrogens is 1. The molecular weight excluding hydrogens is 124 g/mol. The molecule has 1 aromatic heterocycles. The van der Waals surface area contributed by atoms with Gasteiger partial charge in [-0.25, -0.2) is 4.98 Å². The highest BCUT2D eigenvalue weighted by atomic mass is 14.9. The van der Waals surface area contributed by atoms with Crippen molar-refractivity contribution >= 4 is 5.69 Å². The van der Waals surface area contributed by atoms with Crippen molar-refractivity contribution in [2.45, 2.75) is 12.8 Å². The van der Waals surface area contributed by atoms with E-state index in [2.05, 4.69) is 22.6 Å². The summed E-state index contributed by atoms with van der Waals surface area (Å²) in [5.41, 5.74) is 2.71. The van der Waals surface area contributed by atoms with Crippen LogP contribution >= 0.6 is 0 Å². The minimum Gasteiger partial charge on any atom is -0.384 e. The van der Waals surface area contributed by atoms with E-state index in [0.29, 0.717) is 0 Å². The van der Waals surface area contributed by atoms with Crippen LogP contribution < -0.4 is 10.3 Å². The van der Waals surface area contributed by atoms with Crippen molar-refractivity contribution in [1.29, 1.82) is 0 Å². The van der Waals surface area contributed by atoms with Crippen LogP contribution in [0.25, 0.3) is 0 Å². The molecule has 52 valence electrons. The zero-order chi connectivity index (χ0) is 6.81. The molecule has 0 bridgehead atoms. The summed E-state index contributed by atoms with van der Waals surface area (Å²) in [5.74, 6) is 0. The SMILES string of the molecule is c1cc2c(c[nH+]1)CCCN2. The van der Waals surface area contributed by atoms with Crippen LogP contribution in [0.15, 0.2) is 18.5 Å². The highest BCUT2D eigenvalue weighted by Gasteiger charge is 2.08. The average molecular weight is 135 g/mol. The molecule has 0 aromatic carbocycles. The maximum Gasteiger partial charge on any atom is 0.172 e. The largest absolute Gasteiger partial charge is 0.384 e. The zero-order valence-electron chi connectivity index (χ0n) is 5.85. The number of aryl methyl sites for hydroxylation is 1. The van der Waals surface area contributed by atoms with E-state index >= 15 is 0 Å². The Bertz CT molecular complexity index is 207. The second kappa shape index (κ2) is 2.29. The second-order valence-corrected chi connectivity index (χ2v) is 2.61. The number of hydrogen-bond acceptors (Lipinski definition) is 1. The second-order valence-electron chi connectivity index (χ2n) is 2.61. The van der Waals surface area contributed by atoms with Crippen molar-refractivity contribution < 1.29 is 4.98 Å². The third-order valence-corrected chi connectivity index (χ3v) is 1.89. The summed E-state index contributed by atoms with van der Waals surface area (Å²) < 4.78 is 0. The zero-order valence-corrected chi connectivity index (χ0v) is 5.85. The molecule has 10 heavy (non-hydrogen) atoms. The first-order chi connectivity index (χ1) is 4.97. The first-order valence-corrected chi connectivity index (χ1v) is 3.70. The Morgan fingerprint density at radius 1 is 1.50 bits per heavy atom. The Hall–Kier alpha value is -1.05. The molecule has 2 heterocycles. The molecule has 0 amide bonds. The minimum atomic E-state index is 1.12. The lowest BCUT2D eigenvalue weighted by Crippen LogP contribution is -2.14. The molecule has 0 fully saturated rings. The van der Waals surface area contributed by atoms with E-state index in [9.17, 15) is 0 Å². The Morgan fingerprint density at radius 3 is 3.40 bits per heavy atom. The van der Waals surface area contributed by atoms with Gasteiger partial charge in [0.15, 0.2) is 12.4 Å². The molecule has 2 heteroatoms. The minimum absolute atomic E-state index is 1.12. The van der Waals surface area contributed by atoms with Gasteiger partial charge in [-0.05, 0) is 12.8 Å². The molecule has 0 unspecified atom stereocenters. The predicted octanol–water partition coefficient (Wildman–Crippen LogP) is 0.859. The lowest BCUT2D eigenvalue weighted by atomic mass is 10.1. The van der Waals surface area contributed by atoms with E-state index in [0.717, 1.165) is 6.54 Å². The molecule has 0 atom stereocenters. The number of anilines is 1. The van der Waals surface area contributed by atoms with Crippen LogP contribution in [-0.2, 0) is 6.42 Å². The molecule has 1 aromatic rings. The summed E-state index contributed by atoms with van der Waals surface area (Å²) in [5, 5.41) is 3.34. The van der Waals surface area contributed by atoms with E-state index in [-0.39, 0.29) is 0 Å². The highest BCUT2D eigenvalue weighted by Crippen LogP contribution is 2.17. The van der Waals surface area contributed by atoms with Crippen molar-refractivity contribution in [3.05, 3.63) is 24.0 Å². The Morgan fingerprint density at radius 2 is 2.50 bits per heavy atom. The van der Waals surface area contributed by atoms with Crippen molar-refractivity contribution in [2.24, 2.45) is 0 Å². The van der Waals surface area contributed by atoms with E-state index < -0.39 is 0 Å². The first kappa shape index (κ1) is 5.71.